The van der Waals surface area contributed by atoms with Crippen LogP contribution in [0.1, 0.15) is 13.8 Å². The highest BCUT2D eigenvalue weighted by Gasteiger charge is 2.25. The van der Waals surface area contributed by atoms with Crippen LogP contribution in [-0.2, 0) is 9.53 Å². The number of morpholine rings is 1. The SMILES string of the molecule is CC1CN(C(=O)CNc2ccccc2)CC(C)O1.Cl. The topological polar surface area (TPSA) is 41.6 Å². The molecule has 106 valence electrons. The maximum atomic E-state index is 12.1. The molecule has 1 saturated heterocycles. The number of para-hydroxylation sites is 1. The van der Waals surface area contributed by atoms with E-state index in [-0.39, 0.29) is 30.5 Å². The number of nitrogens with one attached hydrogen (secondary N) is 1. The van der Waals surface area contributed by atoms with Gasteiger partial charge < -0.3 is 15.0 Å². The minimum absolute atomic E-state index is 0. The minimum Gasteiger partial charge on any atom is -0.376 e. The van der Waals surface area contributed by atoms with Gasteiger partial charge in [0.2, 0.25) is 5.91 Å². The summed E-state index contributed by atoms with van der Waals surface area (Å²) in [5.74, 6) is 0.126. The Hall–Kier alpha value is -1.26. The Morgan fingerprint density at radius 3 is 2.42 bits per heavy atom. The molecule has 1 heterocycles. The van der Waals surface area contributed by atoms with Gasteiger partial charge in [-0.25, -0.2) is 0 Å². The zero-order chi connectivity index (χ0) is 13.0. The fraction of sp³-hybridized carbons (Fsp3) is 0.500. The molecule has 5 heteroatoms. The Bertz CT molecular complexity index is 390. The molecule has 1 aliphatic rings. The van der Waals surface area contributed by atoms with Crippen molar-refractivity contribution >= 4 is 24.0 Å². The zero-order valence-electron chi connectivity index (χ0n) is 11.3. The Labute approximate surface area is 120 Å². The molecule has 0 saturated carbocycles. The number of benzene rings is 1. The lowest BCUT2D eigenvalue weighted by Crippen LogP contribution is -2.49. The number of hydrogen-bond donors (Lipinski definition) is 1. The van der Waals surface area contributed by atoms with E-state index in [0.29, 0.717) is 19.6 Å². The van der Waals surface area contributed by atoms with E-state index in [0.717, 1.165) is 5.69 Å². The van der Waals surface area contributed by atoms with Gasteiger partial charge in [0.1, 0.15) is 0 Å². The van der Waals surface area contributed by atoms with Crippen molar-refractivity contribution in [3.05, 3.63) is 30.3 Å². The van der Waals surface area contributed by atoms with Crippen LogP contribution in [0.25, 0.3) is 0 Å². The van der Waals surface area contributed by atoms with Crippen molar-refractivity contribution in [3.8, 4) is 0 Å². The number of amides is 1. The van der Waals surface area contributed by atoms with E-state index in [9.17, 15) is 4.79 Å². The molecule has 1 aromatic rings. The van der Waals surface area contributed by atoms with Gasteiger partial charge in [0.25, 0.3) is 0 Å². The van der Waals surface area contributed by atoms with Gasteiger partial charge in [-0.2, -0.15) is 0 Å². The van der Waals surface area contributed by atoms with Gasteiger partial charge in [-0.3, -0.25) is 4.79 Å². The summed E-state index contributed by atoms with van der Waals surface area (Å²) in [6.45, 7) is 5.70. The highest BCUT2D eigenvalue weighted by molar-refractivity contribution is 5.85. The van der Waals surface area contributed by atoms with Crippen LogP contribution in [0, 0.1) is 0 Å². The average Bonchev–Trinajstić information content (AvgIpc) is 2.36. The summed E-state index contributed by atoms with van der Waals surface area (Å²) in [5, 5.41) is 3.14. The van der Waals surface area contributed by atoms with Crippen molar-refractivity contribution in [1.29, 1.82) is 0 Å². The van der Waals surface area contributed by atoms with E-state index in [4.69, 9.17) is 4.74 Å². The first-order chi connectivity index (χ1) is 8.65. The van der Waals surface area contributed by atoms with E-state index in [1.54, 1.807) is 0 Å². The third-order valence-corrected chi connectivity index (χ3v) is 2.99. The van der Waals surface area contributed by atoms with Gasteiger partial charge in [0.05, 0.1) is 18.8 Å². The normalized spacial score (nSPS) is 22.5. The van der Waals surface area contributed by atoms with Gasteiger partial charge in [-0.05, 0) is 26.0 Å². The van der Waals surface area contributed by atoms with Crippen molar-refractivity contribution in [3.63, 3.8) is 0 Å². The fourth-order valence-corrected chi connectivity index (χ4v) is 2.23. The second-order valence-corrected chi connectivity index (χ2v) is 4.78. The first kappa shape index (κ1) is 15.8. The monoisotopic (exact) mass is 284 g/mol. The molecule has 0 bridgehead atoms. The Morgan fingerprint density at radius 2 is 1.84 bits per heavy atom. The molecule has 0 aliphatic carbocycles. The van der Waals surface area contributed by atoms with Crippen molar-refractivity contribution in [1.82, 2.24) is 4.90 Å². The summed E-state index contributed by atoms with van der Waals surface area (Å²) in [5.41, 5.74) is 0.972. The molecule has 0 aromatic heterocycles. The maximum absolute atomic E-state index is 12.1. The summed E-state index contributed by atoms with van der Waals surface area (Å²) in [4.78, 5) is 13.9. The van der Waals surface area contributed by atoms with Crippen LogP contribution in [0.15, 0.2) is 30.3 Å². The third-order valence-electron chi connectivity index (χ3n) is 2.99. The summed E-state index contributed by atoms with van der Waals surface area (Å²) >= 11 is 0. The lowest BCUT2D eigenvalue weighted by atomic mass is 10.2. The molecule has 1 aliphatic heterocycles. The molecule has 1 N–H and O–H groups in total. The fourth-order valence-electron chi connectivity index (χ4n) is 2.23. The molecule has 2 unspecified atom stereocenters. The quantitative estimate of drug-likeness (QED) is 0.925. The first-order valence-electron chi connectivity index (χ1n) is 6.37. The molecule has 0 spiro atoms. The Kier molecular flexibility index (Phi) is 6.12. The van der Waals surface area contributed by atoms with Crippen molar-refractivity contribution in [2.24, 2.45) is 0 Å². The third kappa shape index (κ3) is 4.73. The molecule has 19 heavy (non-hydrogen) atoms. The van der Waals surface area contributed by atoms with Crippen molar-refractivity contribution < 1.29 is 9.53 Å². The van der Waals surface area contributed by atoms with Gasteiger partial charge in [-0.15, -0.1) is 12.4 Å². The van der Waals surface area contributed by atoms with Crippen LogP contribution in [0.2, 0.25) is 0 Å². The van der Waals surface area contributed by atoms with Crippen LogP contribution < -0.4 is 5.32 Å². The van der Waals surface area contributed by atoms with Crippen LogP contribution in [0.3, 0.4) is 0 Å². The molecular weight excluding hydrogens is 264 g/mol. The lowest BCUT2D eigenvalue weighted by molar-refractivity contribution is -0.141. The maximum Gasteiger partial charge on any atom is 0.242 e. The highest BCUT2D eigenvalue weighted by Crippen LogP contribution is 2.11. The molecule has 1 amide bonds. The van der Waals surface area contributed by atoms with Crippen LogP contribution in [0.4, 0.5) is 5.69 Å². The molecule has 2 atom stereocenters. The van der Waals surface area contributed by atoms with Crippen molar-refractivity contribution in [2.75, 3.05) is 25.0 Å². The van der Waals surface area contributed by atoms with Gasteiger partial charge >= 0.3 is 0 Å². The van der Waals surface area contributed by atoms with Gasteiger partial charge in [0.15, 0.2) is 0 Å². The highest BCUT2D eigenvalue weighted by atomic mass is 35.5. The number of hydrogen-bond acceptors (Lipinski definition) is 3. The second kappa shape index (κ2) is 7.36. The van der Waals surface area contributed by atoms with E-state index >= 15 is 0 Å². The van der Waals surface area contributed by atoms with E-state index in [1.807, 2.05) is 49.1 Å². The molecule has 4 nitrogen and oxygen atoms in total. The molecular formula is C14H21ClN2O2. The summed E-state index contributed by atoms with van der Waals surface area (Å²) in [6.07, 6.45) is 0.240. The number of carbonyl (C=O) groups is 1. The van der Waals surface area contributed by atoms with E-state index in [2.05, 4.69) is 5.32 Å². The summed E-state index contributed by atoms with van der Waals surface area (Å²) < 4.78 is 5.62. The van der Waals surface area contributed by atoms with Crippen LogP contribution in [0.5, 0.6) is 0 Å². The average molecular weight is 285 g/mol. The number of carbonyl (C=O) groups excluding carboxylic acids is 1. The number of rotatable bonds is 3. The number of nitrogens with zero attached hydrogens (tertiary/aromatic N) is 1. The van der Waals surface area contributed by atoms with Crippen molar-refractivity contribution in [2.45, 2.75) is 26.1 Å². The predicted molar refractivity (Wildman–Crippen MR) is 78.8 cm³/mol. The number of halogens is 1. The molecule has 1 fully saturated rings. The molecule has 0 radical (unpaired) electrons. The standard InChI is InChI=1S/C14H20N2O2.ClH/c1-11-9-16(10-12(2)18-11)14(17)8-15-13-6-4-3-5-7-13;/h3-7,11-12,15H,8-10H2,1-2H3;1H. The van der Waals surface area contributed by atoms with Crippen LogP contribution >= 0.6 is 12.4 Å². The van der Waals surface area contributed by atoms with Crippen LogP contribution in [-0.4, -0.2) is 42.6 Å². The van der Waals surface area contributed by atoms with E-state index in [1.165, 1.54) is 0 Å². The minimum atomic E-state index is 0. The summed E-state index contributed by atoms with van der Waals surface area (Å²) in [7, 11) is 0. The smallest absolute Gasteiger partial charge is 0.242 e. The Balaban J connectivity index is 0.00000180. The predicted octanol–water partition coefficient (Wildman–Crippen LogP) is 2.16. The largest absolute Gasteiger partial charge is 0.376 e. The summed E-state index contributed by atoms with van der Waals surface area (Å²) in [6, 6.07) is 9.77. The number of ether oxygens (including phenoxy) is 1. The lowest BCUT2D eigenvalue weighted by Gasteiger charge is -2.35. The zero-order valence-corrected chi connectivity index (χ0v) is 12.2. The first-order valence-corrected chi connectivity index (χ1v) is 6.37. The Morgan fingerprint density at radius 1 is 1.26 bits per heavy atom. The number of anilines is 1. The molecule has 2 rings (SSSR count). The van der Waals surface area contributed by atoms with E-state index < -0.39 is 0 Å². The van der Waals surface area contributed by atoms with Gasteiger partial charge in [0, 0.05) is 18.8 Å². The van der Waals surface area contributed by atoms with Gasteiger partial charge in [-0.1, -0.05) is 18.2 Å². The second-order valence-electron chi connectivity index (χ2n) is 4.78. The molecule has 1 aromatic carbocycles.